The van der Waals surface area contributed by atoms with E-state index in [0.29, 0.717) is 19.8 Å². The number of rotatable bonds is 5. The van der Waals surface area contributed by atoms with Crippen LogP contribution in [0.5, 0.6) is 0 Å². The molecule has 1 aromatic rings. The first kappa shape index (κ1) is 21.8. The fourth-order valence-electron chi connectivity index (χ4n) is 3.93. The van der Waals surface area contributed by atoms with Gasteiger partial charge in [-0.2, -0.15) is 4.31 Å². The third kappa shape index (κ3) is 4.49. The van der Waals surface area contributed by atoms with Gasteiger partial charge in [0.2, 0.25) is 10.0 Å². The van der Waals surface area contributed by atoms with Crippen molar-refractivity contribution in [3.63, 3.8) is 0 Å². The lowest BCUT2D eigenvalue weighted by atomic mass is 9.93. The minimum absolute atomic E-state index is 0.0220. The number of nitrogens with zero attached hydrogens (tertiary/aromatic N) is 2. The van der Waals surface area contributed by atoms with Crippen molar-refractivity contribution in [2.45, 2.75) is 50.0 Å². The van der Waals surface area contributed by atoms with Gasteiger partial charge in [-0.05, 0) is 31.9 Å². The average Bonchev–Trinajstić information content (AvgIpc) is 2.70. The molecule has 0 spiro atoms. The van der Waals surface area contributed by atoms with Gasteiger partial charge in [-0.25, -0.2) is 8.42 Å². The zero-order valence-corrected chi connectivity index (χ0v) is 18.3. The van der Waals surface area contributed by atoms with Crippen molar-refractivity contribution in [1.82, 2.24) is 9.21 Å². The number of halogens is 2. The largest absolute Gasteiger partial charge is 0.379 e. The molecule has 2 fully saturated rings. The van der Waals surface area contributed by atoms with E-state index >= 15 is 0 Å². The Hall–Kier alpha value is -0.860. The topological polar surface area (TPSA) is 66.9 Å². The maximum absolute atomic E-state index is 13.2. The van der Waals surface area contributed by atoms with Crippen LogP contribution in [-0.4, -0.2) is 62.4 Å². The van der Waals surface area contributed by atoms with E-state index in [1.54, 1.807) is 4.90 Å². The van der Waals surface area contributed by atoms with E-state index in [0.717, 1.165) is 25.7 Å². The van der Waals surface area contributed by atoms with Crippen LogP contribution < -0.4 is 0 Å². The first-order valence-electron chi connectivity index (χ1n) is 9.74. The van der Waals surface area contributed by atoms with Gasteiger partial charge in [0.15, 0.2) is 0 Å². The number of hydrogen-bond donors (Lipinski definition) is 0. The van der Waals surface area contributed by atoms with Gasteiger partial charge in [0, 0.05) is 25.7 Å². The summed E-state index contributed by atoms with van der Waals surface area (Å²) in [6, 6.07) is 2.86. The molecule has 1 amide bonds. The molecule has 6 nitrogen and oxygen atoms in total. The Kier molecular flexibility index (Phi) is 7.26. The van der Waals surface area contributed by atoms with E-state index in [1.165, 1.54) is 22.9 Å². The predicted octanol–water partition coefficient (Wildman–Crippen LogP) is 3.81. The summed E-state index contributed by atoms with van der Waals surface area (Å²) in [5, 5.41) is 0.193. The van der Waals surface area contributed by atoms with Crippen LogP contribution in [0.1, 0.15) is 49.4 Å². The van der Waals surface area contributed by atoms with Crippen LogP contribution >= 0.6 is 23.2 Å². The van der Waals surface area contributed by atoms with Gasteiger partial charge in [-0.3, -0.25) is 4.79 Å². The highest BCUT2D eigenvalue weighted by atomic mass is 35.5. The highest BCUT2D eigenvalue weighted by Crippen LogP contribution is 2.33. The molecule has 0 atom stereocenters. The molecule has 9 heteroatoms. The fraction of sp³-hybridized carbons (Fsp3) is 0.632. The van der Waals surface area contributed by atoms with E-state index < -0.39 is 10.0 Å². The summed E-state index contributed by atoms with van der Waals surface area (Å²) in [5.41, 5.74) is 0.185. The van der Waals surface area contributed by atoms with Crippen LogP contribution in [0.3, 0.4) is 0 Å². The molecular formula is C19H26Cl2N2O4S. The molecule has 1 aliphatic carbocycles. The number of hydrogen-bond acceptors (Lipinski definition) is 4. The van der Waals surface area contributed by atoms with E-state index in [4.69, 9.17) is 27.9 Å². The highest BCUT2D eigenvalue weighted by Gasteiger charge is 2.32. The Morgan fingerprint density at radius 3 is 2.39 bits per heavy atom. The molecule has 0 N–H and O–H groups in total. The van der Waals surface area contributed by atoms with Crippen LogP contribution in [0.15, 0.2) is 17.0 Å². The standard InChI is InChI=1S/C19H26Cl2N2O4S/c1-2-23(14-6-4-3-5-7-14)19(24)15-12-18(17(21)13-16(15)20)28(25,26)22-8-10-27-11-9-22/h12-14H,2-11H2,1H3. The van der Waals surface area contributed by atoms with Gasteiger partial charge in [0.1, 0.15) is 4.90 Å². The number of sulfonamides is 1. The SMILES string of the molecule is CCN(C(=O)c1cc(S(=O)(=O)N2CCOCC2)c(Cl)cc1Cl)C1CCCCC1. The fourth-order valence-corrected chi connectivity index (χ4v) is 6.17. The second-order valence-electron chi connectivity index (χ2n) is 7.16. The number of carbonyl (C=O) groups is 1. The summed E-state index contributed by atoms with van der Waals surface area (Å²) in [7, 11) is -3.83. The molecule has 1 aromatic carbocycles. The maximum atomic E-state index is 13.2. The van der Waals surface area contributed by atoms with Crippen molar-refractivity contribution in [1.29, 1.82) is 0 Å². The summed E-state index contributed by atoms with van der Waals surface area (Å²) < 4.78 is 32.7. The van der Waals surface area contributed by atoms with E-state index in [2.05, 4.69) is 0 Å². The lowest BCUT2D eigenvalue weighted by Crippen LogP contribution is -2.42. The van der Waals surface area contributed by atoms with Crippen LogP contribution in [0.2, 0.25) is 10.0 Å². The van der Waals surface area contributed by atoms with Crippen molar-refractivity contribution < 1.29 is 17.9 Å². The maximum Gasteiger partial charge on any atom is 0.255 e. The molecule has 0 aromatic heterocycles. The molecule has 0 radical (unpaired) electrons. The molecule has 28 heavy (non-hydrogen) atoms. The summed E-state index contributed by atoms with van der Waals surface area (Å²) in [6.07, 6.45) is 5.30. The summed E-state index contributed by atoms with van der Waals surface area (Å²) in [4.78, 5) is 15.0. The van der Waals surface area contributed by atoms with Crippen molar-refractivity contribution in [3.8, 4) is 0 Å². The second kappa shape index (κ2) is 9.30. The minimum Gasteiger partial charge on any atom is -0.379 e. The molecule has 1 saturated carbocycles. The molecule has 0 unspecified atom stereocenters. The molecule has 0 bridgehead atoms. The monoisotopic (exact) mass is 448 g/mol. The quantitative estimate of drug-likeness (QED) is 0.686. The van der Waals surface area contributed by atoms with Crippen LogP contribution in [0.4, 0.5) is 0 Å². The molecule has 2 aliphatic rings. The third-order valence-corrected chi connectivity index (χ3v) is 8.13. The second-order valence-corrected chi connectivity index (χ2v) is 9.88. The summed E-state index contributed by atoms with van der Waals surface area (Å²) in [6.45, 7) is 3.67. The third-order valence-electron chi connectivity index (χ3n) is 5.46. The lowest BCUT2D eigenvalue weighted by Gasteiger charge is -2.34. The number of amides is 1. The van der Waals surface area contributed by atoms with Crippen LogP contribution in [-0.2, 0) is 14.8 Å². The molecular weight excluding hydrogens is 423 g/mol. The van der Waals surface area contributed by atoms with Crippen molar-refractivity contribution >= 4 is 39.1 Å². The van der Waals surface area contributed by atoms with Crippen molar-refractivity contribution in [3.05, 3.63) is 27.7 Å². The van der Waals surface area contributed by atoms with Gasteiger partial charge in [0.25, 0.3) is 5.91 Å². The first-order chi connectivity index (χ1) is 13.4. The minimum atomic E-state index is -3.83. The summed E-state index contributed by atoms with van der Waals surface area (Å²) in [5.74, 6) is -0.241. The van der Waals surface area contributed by atoms with E-state index in [-0.39, 0.29) is 45.5 Å². The van der Waals surface area contributed by atoms with Crippen molar-refractivity contribution in [2.24, 2.45) is 0 Å². The van der Waals surface area contributed by atoms with Gasteiger partial charge in [0.05, 0.1) is 28.8 Å². The predicted molar refractivity (Wildman–Crippen MR) is 110 cm³/mol. The molecule has 156 valence electrons. The first-order valence-corrected chi connectivity index (χ1v) is 11.9. The smallest absolute Gasteiger partial charge is 0.255 e. The zero-order valence-electron chi connectivity index (χ0n) is 16.0. The van der Waals surface area contributed by atoms with Gasteiger partial charge in [-0.15, -0.1) is 0 Å². The number of benzene rings is 1. The van der Waals surface area contributed by atoms with E-state index in [9.17, 15) is 13.2 Å². The van der Waals surface area contributed by atoms with Crippen LogP contribution in [0, 0.1) is 0 Å². The molecule has 1 aliphatic heterocycles. The van der Waals surface area contributed by atoms with Crippen molar-refractivity contribution in [2.75, 3.05) is 32.8 Å². The Morgan fingerprint density at radius 1 is 1.14 bits per heavy atom. The summed E-state index contributed by atoms with van der Waals surface area (Å²) >= 11 is 12.5. The van der Waals surface area contributed by atoms with Crippen LogP contribution in [0.25, 0.3) is 0 Å². The molecule has 1 heterocycles. The van der Waals surface area contributed by atoms with Gasteiger partial charge < -0.3 is 9.64 Å². The Morgan fingerprint density at radius 2 is 1.79 bits per heavy atom. The Labute approximate surface area is 176 Å². The number of morpholine rings is 1. The van der Waals surface area contributed by atoms with Gasteiger partial charge >= 0.3 is 0 Å². The number of carbonyl (C=O) groups excluding carboxylic acids is 1. The van der Waals surface area contributed by atoms with E-state index in [1.807, 2.05) is 6.92 Å². The molecule has 1 saturated heterocycles. The average molecular weight is 449 g/mol. The highest BCUT2D eigenvalue weighted by molar-refractivity contribution is 7.89. The Balaban J connectivity index is 1.95. The molecule has 3 rings (SSSR count). The van der Waals surface area contributed by atoms with Gasteiger partial charge in [-0.1, -0.05) is 42.5 Å². The Bertz CT molecular complexity index is 819. The normalized spacial score (nSPS) is 19.5. The zero-order chi connectivity index (χ0) is 20.3. The lowest BCUT2D eigenvalue weighted by molar-refractivity contribution is 0.0647. The number of ether oxygens (including phenoxy) is 1.